The molecule has 0 unspecified atom stereocenters. The number of rotatable bonds is 7. The van der Waals surface area contributed by atoms with Crippen molar-refractivity contribution in [3.05, 3.63) is 54.1 Å². The van der Waals surface area contributed by atoms with Crippen LogP contribution in [0.4, 0.5) is 5.69 Å². The predicted octanol–water partition coefficient (Wildman–Crippen LogP) is 3.06. The summed E-state index contributed by atoms with van der Waals surface area (Å²) < 4.78 is 16.0. The molecule has 1 aliphatic rings. The molecule has 3 rings (SSSR count). The molecular weight excluding hydrogens is 374 g/mol. The third-order valence-electron chi connectivity index (χ3n) is 4.79. The molecule has 1 atom stereocenters. The van der Waals surface area contributed by atoms with E-state index in [9.17, 15) is 0 Å². The third kappa shape index (κ3) is 5.58. The van der Waals surface area contributed by atoms with Gasteiger partial charge in [-0.2, -0.15) is 0 Å². The van der Waals surface area contributed by atoms with Gasteiger partial charge in [0.2, 0.25) is 0 Å². The second-order valence-corrected chi connectivity index (χ2v) is 6.91. The second kappa shape index (κ2) is 10.3. The Morgan fingerprint density at radius 3 is 2.14 bits per heavy atom. The van der Waals surface area contributed by atoms with Crippen molar-refractivity contribution >= 4 is 23.0 Å². The van der Waals surface area contributed by atoms with Gasteiger partial charge in [0.25, 0.3) is 0 Å². The Hall–Kier alpha value is -2.35. The number of hydrogen-bond donors (Lipinski definition) is 2. The molecule has 2 aromatic carbocycles. The van der Waals surface area contributed by atoms with Crippen LogP contribution in [0.1, 0.15) is 11.6 Å². The maximum atomic E-state index is 5.52. The van der Waals surface area contributed by atoms with E-state index in [0.29, 0.717) is 11.7 Å². The Kier molecular flexibility index (Phi) is 7.47. The van der Waals surface area contributed by atoms with Gasteiger partial charge >= 0.3 is 0 Å². The third-order valence-corrected chi connectivity index (χ3v) is 5.04. The molecule has 6 nitrogen and oxygen atoms in total. The number of benzene rings is 2. The minimum atomic E-state index is 0.199. The van der Waals surface area contributed by atoms with Gasteiger partial charge in [0, 0.05) is 25.3 Å². The van der Waals surface area contributed by atoms with Crippen LogP contribution in [-0.4, -0.2) is 57.1 Å². The lowest BCUT2D eigenvalue weighted by atomic mass is 10.0. The van der Waals surface area contributed by atoms with Gasteiger partial charge < -0.3 is 24.8 Å². The number of anilines is 1. The second-order valence-electron chi connectivity index (χ2n) is 6.50. The smallest absolute Gasteiger partial charge is 0.170 e. The first-order chi connectivity index (χ1) is 13.7. The van der Waals surface area contributed by atoms with Crippen molar-refractivity contribution in [2.45, 2.75) is 6.04 Å². The number of nitrogens with one attached hydrogen (secondary N) is 2. The van der Waals surface area contributed by atoms with Crippen LogP contribution in [0.15, 0.2) is 48.5 Å². The van der Waals surface area contributed by atoms with Gasteiger partial charge in [-0.3, -0.25) is 4.90 Å². The summed E-state index contributed by atoms with van der Waals surface area (Å²) in [4.78, 5) is 2.42. The highest BCUT2D eigenvalue weighted by Crippen LogP contribution is 2.24. The van der Waals surface area contributed by atoms with Crippen molar-refractivity contribution < 1.29 is 14.2 Å². The molecule has 1 fully saturated rings. The van der Waals surface area contributed by atoms with Crippen molar-refractivity contribution in [2.75, 3.05) is 52.4 Å². The zero-order valence-electron chi connectivity index (χ0n) is 16.3. The van der Waals surface area contributed by atoms with Crippen LogP contribution in [0, 0.1) is 0 Å². The lowest BCUT2D eigenvalue weighted by molar-refractivity contribution is 0.0170. The Morgan fingerprint density at radius 2 is 1.57 bits per heavy atom. The minimum Gasteiger partial charge on any atom is -0.497 e. The van der Waals surface area contributed by atoms with E-state index < -0.39 is 0 Å². The highest BCUT2D eigenvalue weighted by atomic mass is 32.1. The van der Waals surface area contributed by atoms with E-state index in [1.54, 1.807) is 14.2 Å². The highest BCUT2D eigenvalue weighted by Gasteiger charge is 2.23. The Balaban J connectivity index is 1.63. The molecule has 0 bridgehead atoms. The molecule has 0 radical (unpaired) electrons. The fourth-order valence-electron chi connectivity index (χ4n) is 3.21. The van der Waals surface area contributed by atoms with E-state index in [0.717, 1.165) is 43.5 Å². The fraction of sp³-hybridized carbons (Fsp3) is 0.381. The molecule has 2 N–H and O–H groups in total. The highest BCUT2D eigenvalue weighted by molar-refractivity contribution is 7.80. The van der Waals surface area contributed by atoms with Gasteiger partial charge in [-0.15, -0.1) is 0 Å². The van der Waals surface area contributed by atoms with Crippen molar-refractivity contribution in [1.29, 1.82) is 0 Å². The molecule has 0 aromatic heterocycles. The number of thiocarbonyl (C=S) groups is 1. The van der Waals surface area contributed by atoms with Crippen LogP contribution in [0.2, 0.25) is 0 Å². The maximum Gasteiger partial charge on any atom is 0.170 e. The van der Waals surface area contributed by atoms with Crippen LogP contribution < -0.4 is 20.1 Å². The molecule has 0 saturated carbocycles. The van der Waals surface area contributed by atoms with Gasteiger partial charge in [0.15, 0.2) is 5.11 Å². The molecule has 7 heteroatoms. The summed E-state index contributed by atoms with van der Waals surface area (Å²) >= 11 is 5.49. The van der Waals surface area contributed by atoms with Crippen molar-refractivity contribution in [1.82, 2.24) is 10.2 Å². The first kappa shape index (κ1) is 20.4. The van der Waals surface area contributed by atoms with Gasteiger partial charge in [0.1, 0.15) is 11.5 Å². The largest absolute Gasteiger partial charge is 0.497 e. The van der Waals surface area contributed by atoms with Gasteiger partial charge in [0.05, 0.1) is 33.5 Å². The summed E-state index contributed by atoms with van der Waals surface area (Å²) in [5.74, 6) is 1.67. The van der Waals surface area contributed by atoms with Crippen molar-refractivity contribution in [3.8, 4) is 11.5 Å². The number of morpholine rings is 1. The predicted molar refractivity (Wildman–Crippen MR) is 115 cm³/mol. The number of hydrogen-bond acceptors (Lipinski definition) is 5. The summed E-state index contributed by atoms with van der Waals surface area (Å²) in [6.07, 6.45) is 0. The van der Waals surface area contributed by atoms with Gasteiger partial charge in [-0.05, 0) is 54.2 Å². The average Bonchev–Trinajstić information content (AvgIpc) is 2.75. The first-order valence-corrected chi connectivity index (χ1v) is 9.75. The van der Waals surface area contributed by atoms with Crippen molar-refractivity contribution in [3.63, 3.8) is 0 Å². The quantitative estimate of drug-likeness (QED) is 0.692. The molecule has 1 aliphatic heterocycles. The van der Waals surface area contributed by atoms with Crippen LogP contribution in [0.25, 0.3) is 0 Å². The normalized spacial score (nSPS) is 15.5. The van der Waals surface area contributed by atoms with Crippen LogP contribution >= 0.6 is 12.2 Å². The van der Waals surface area contributed by atoms with Crippen molar-refractivity contribution in [2.24, 2.45) is 0 Å². The summed E-state index contributed by atoms with van der Waals surface area (Å²) in [5.41, 5.74) is 2.15. The lowest BCUT2D eigenvalue weighted by Crippen LogP contribution is -2.44. The van der Waals surface area contributed by atoms with Gasteiger partial charge in [-0.25, -0.2) is 0 Å². The number of ether oxygens (including phenoxy) is 3. The summed E-state index contributed by atoms with van der Waals surface area (Å²) in [7, 11) is 3.33. The fourth-order valence-corrected chi connectivity index (χ4v) is 3.41. The zero-order chi connectivity index (χ0) is 19.8. The van der Waals surface area contributed by atoms with E-state index in [2.05, 4.69) is 27.7 Å². The topological polar surface area (TPSA) is 55.0 Å². The zero-order valence-corrected chi connectivity index (χ0v) is 17.1. The monoisotopic (exact) mass is 401 g/mol. The summed E-state index contributed by atoms with van der Waals surface area (Å²) in [5, 5.41) is 7.18. The SMILES string of the molecule is COc1ccc(NC(=S)NC[C@@H](c2ccc(OC)cc2)N2CCOCC2)cc1. The molecular formula is C21H27N3O3S. The standard InChI is InChI=1S/C21H27N3O3S/c1-25-18-7-3-16(4-8-18)20(24-11-13-27-14-12-24)15-22-21(28)23-17-5-9-19(26-2)10-6-17/h3-10,20H,11-15H2,1-2H3,(H2,22,23,28)/t20-/m0/s1. The van der Waals surface area contributed by atoms with E-state index in [1.165, 1.54) is 5.56 Å². The number of methoxy groups -OCH3 is 2. The van der Waals surface area contributed by atoms with Crippen LogP contribution in [0.5, 0.6) is 11.5 Å². The Labute approximate surface area is 171 Å². The Bertz CT molecular complexity index is 746. The van der Waals surface area contributed by atoms with Crippen LogP contribution in [-0.2, 0) is 4.74 Å². The van der Waals surface area contributed by atoms with E-state index in [4.69, 9.17) is 26.4 Å². The summed E-state index contributed by atoms with van der Waals surface area (Å²) in [6, 6.07) is 16.1. The molecule has 0 amide bonds. The Morgan fingerprint density at radius 1 is 1.00 bits per heavy atom. The summed E-state index contributed by atoms with van der Waals surface area (Å²) in [6.45, 7) is 4.00. The molecule has 28 heavy (non-hydrogen) atoms. The molecule has 1 heterocycles. The van der Waals surface area contributed by atoms with Gasteiger partial charge in [-0.1, -0.05) is 12.1 Å². The number of nitrogens with zero attached hydrogens (tertiary/aromatic N) is 1. The molecule has 0 spiro atoms. The molecule has 0 aliphatic carbocycles. The van der Waals surface area contributed by atoms with E-state index >= 15 is 0 Å². The van der Waals surface area contributed by atoms with Crippen LogP contribution in [0.3, 0.4) is 0 Å². The lowest BCUT2D eigenvalue weighted by Gasteiger charge is -2.35. The molecule has 150 valence electrons. The molecule has 1 saturated heterocycles. The maximum absolute atomic E-state index is 5.52. The van der Waals surface area contributed by atoms with E-state index in [1.807, 2.05) is 36.4 Å². The average molecular weight is 402 g/mol. The minimum absolute atomic E-state index is 0.199. The first-order valence-electron chi connectivity index (χ1n) is 9.34. The molecule has 2 aromatic rings. The van der Waals surface area contributed by atoms with E-state index in [-0.39, 0.29) is 6.04 Å².